The van der Waals surface area contributed by atoms with Crippen LogP contribution in [0.4, 0.5) is 0 Å². The van der Waals surface area contributed by atoms with Crippen molar-refractivity contribution in [3.05, 3.63) is 22.7 Å². The van der Waals surface area contributed by atoms with Gasteiger partial charge in [-0.15, -0.1) is 0 Å². The third-order valence-corrected chi connectivity index (χ3v) is 4.28. The normalized spacial score (nSPS) is 17.4. The Morgan fingerprint density at radius 2 is 2.00 bits per heavy atom. The molecule has 2 rings (SSSR count). The van der Waals surface area contributed by atoms with Gasteiger partial charge in [0.1, 0.15) is 0 Å². The predicted octanol–water partition coefficient (Wildman–Crippen LogP) is 2.83. The van der Waals surface area contributed by atoms with Crippen molar-refractivity contribution in [2.45, 2.75) is 19.4 Å². The zero-order valence-electron chi connectivity index (χ0n) is 13.1. The van der Waals surface area contributed by atoms with E-state index in [1.165, 1.54) is 12.8 Å². The summed E-state index contributed by atoms with van der Waals surface area (Å²) in [7, 11) is 5.80. The van der Waals surface area contributed by atoms with Crippen molar-refractivity contribution in [2.24, 2.45) is 5.92 Å². The van der Waals surface area contributed by atoms with Crippen LogP contribution >= 0.6 is 11.6 Å². The number of likely N-dealkylation sites (tertiary alicyclic amines) is 1. The molecule has 1 N–H and O–H groups in total. The van der Waals surface area contributed by atoms with Gasteiger partial charge in [0.15, 0.2) is 11.5 Å². The molecule has 0 bridgehead atoms. The van der Waals surface area contributed by atoms with E-state index in [0.29, 0.717) is 10.8 Å². The average molecular weight is 313 g/mol. The minimum atomic E-state index is 0.206. The molecule has 0 amide bonds. The lowest BCUT2D eigenvalue weighted by atomic mass is 9.96. The largest absolute Gasteiger partial charge is 0.504 e. The van der Waals surface area contributed by atoms with Crippen molar-refractivity contribution in [2.75, 3.05) is 40.8 Å². The number of rotatable bonds is 5. The number of nitrogens with zero attached hydrogens (tertiary/aromatic N) is 2. The maximum absolute atomic E-state index is 10.2. The second-order valence-electron chi connectivity index (χ2n) is 6.10. The highest BCUT2D eigenvalue weighted by molar-refractivity contribution is 6.30. The fourth-order valence-corrected chi connectivity index (χ4v) is 3.22. The highest BCUT2D eigenvalue weighted by Gasteiger charge is 2.21. The van der Waals surface area contributed by atoms with E-state index < -0.39 is 0 Å². The first-order valence-electron chi connectivity index (χ1n) is 7.42. The summed E-state index contributed by atoms with van der Waals surface area (Å²) in [4.78, 5) is 4.63. The summed E-state index contributed by atoms with van der Waals surface area (Å²) in [5.74, 6) is 1.43. The summed E-state index contributed by atoms with van der Waals surface area (Å²) in [5, 5.41) is 10.8. The maximum Gasteiger partial charge on any atom is 0.162 e. The van der Waals surface area contributed by atoms with E-state index in [1.807, 2.05) is 6.07 Å². The summed E-state index contributed by atoms with van der Waals surface area (Å²) >= 11 is 6.08. The number of phenols is 1. The fourth-order valence-electron chi connectivity index (χ4n) is 2.99. The molecule has 1 aliphatic rings. The second kappa shape index (κ2) is 7.34. The highest BCUT2D eigenvalue weighted by Crippen LogP contribution is 2.34. The van der Waals surface area contributed by atoms with Gasteiger partial charge in [0, 0.05) is 29.7 Å². The van der Waals surface area contributed by atoms with Crippen molar-refractivity contribution in [1.82, 2.24) is 9.80 Å². The van der Waals surface area contributed by atoms with E-state index in [-0.39, 0.29) is 5.75 Å². The Morgan fingerprint density at radius 3 is 2.57 bits per heavy atom. The maximum atomic E-state index is 10.2. The molecule has 1 aliphatic heterocycles. The number of ether oxygens (including phenoxy) is 1. The van der Waals surface area contributed by atoms with Gasteiger partial charge in [0.05, 0.1) is 7.11 Å². The summed E-state index contributed by atoms with van der Waals surface area (Å²) in [5.41, 5.74) is 0.838. The average Bonchev–Trinajstić information content (AvgIpc) is 2.44. The smallest absolute Gasteiger partial charge is 0.162 e. The summed E-state index contributed by atoms with van der Waals surface area (Å²) in [6.45, 7) is 4.00. The Bertz CT molecular complexity index is 472. The van der Waals surface area contributed by atoms with Gasteiger partial charge in [-0.2, -0.15) is 0 Å². The number of halogens is 1. The molecule has 118 valence electrons. The first kappa shape index (κ1) is 16.4. The quantitative estimate of drug-likeness (QED) is 0.907. The van der Waals surface area contributed by atoms with Gasteiger partial charge >= 0.3 is 0 Å². The zero-order chi connectivity index (χ0) is 15.4. The van der Waals surface area contributed by atoms with Gasteiger partial charge in [-0.25, -0.2) is 0 Å². The van der Waals surface area contributed by atoms with Crippen LogP contribution in [0.2, 0.25) is 5.02 Å². The topological polar surface area (TPSA) is 35.9 Å². The standard InChI is InChI=1S/C16H25ClN2O2/c1-18(2)10-12-4-6-19(7-5-12)11-13-8-14(17)9-15(21-3)16(13)20/h8-9,12,20H,4-7,10-11H2,1-3H3. The third kappa shape index (κ3) is 4.50. The zero-order valence-corrected chi connectivity index (χ0v) is 13.9. The van der Waals surface area contributed by atoms with Gasteiger partial charge in [0.25, 0.3) is 0 Å². The summed E-state index contributed by atoms with van der Waals surface area (Å²) < 4.78 is 5.16. The van der Waals surface area contributed by atoms with E-state index in [1.54, 1.807) is 13.2 Å². The van der Waals surface area contributed by atoms with Crippen molar-refractivity contribution in [3.8, 4) is 11.5 Å². The van der Waals surface area contributed by atoms with Crippen LogP contribution in [-0.2, 0) is 6.54 Å². The Kier molecular flexibility index (Phi) is 5.73. The summed E-state index contributed by atoms with van der Waals surface area (Å²) in [6, 6.07) is 3.47. The molecule has 4 nitrogen and oxygen atoms in total. The lowest BCUT2D eigenvalue weighted by Crippen LogP contribution is -2.36. The first-order valence-corrected chi connectivity index (χ1v) is 7.80. The number of aromatic hydroxyl groups is 1. The number of phenolic OH excluding ortho intramolecular Hbond substituents is 1. The van der Waals surface area contributed by atoms with Gasteiger partial charge in [-0.3, -0.25) is 4.90 Å². The third-order valence-electron chi connectivity index (χ3n) is 4.06. The Labute approximate surface area is 132 Å². The molecule has 1 saturated heterocycles. The van der Waals surface area contributed by atoms with Gasteiger partial charge in [-0.1, -0.05) is 11.6 Å². The molecule has 0 radical (unpaired) electrons. The number of benzene rings is 1. The molecule has 5 heteroatoms. The molecule has 0 saturated carbocycles. The number of piperidine rings is 1. The van der Waals surface area contributed by atoms with E-state index in [4.69, 9.17) is 16.3 Å². The molecule has 0 aliphatic carbocycles. The van der Waals surface area contributed by atoms with Crippen LogP contribution in [0.5, 0.6) is 11.5 Å². The van der Waals surface area contributed by atoms with Crippen LogP contribution in [0.15, 0.2) is 12.1 Å². The summed E-state index contributed by atoms with van der Waals surface area (Å²) in [6.07, 6.45) is 2.41. The van der Waals surface area contributed by atoms with Crippen molar-refractivity contribution in [3.63, 3.8) is 0 Å². The molecular weight excluding hydrogens is 288 g/mol. The van der Waals surface area contributed by atoms with Crippen LogP contribution < -0.4 is 4.74 Å². The van der Waals surface area contributed by atoms with E-state index in [0.717, 1.165) is 37.7 Å². The second-order valence-corrected chi connectivity index (χ2v) is 6.53. The molecule has 0 unspecified atom stereocenters. The molecule has 1 aromatic carbocycles. The van der Waals surface area contributed by atoms with Crippen molar-refractivity contribution >= 4 is 11.6 Å². The molecule has 0 aromatic heterocycles. The monoisotopic (exact) mass is 312 g/mol. The number of hydrogen-bond donors (Lipinski definition) is 1. The predicted molar refractivity (Wildman–Crippen MR) is 86.2 cm³/mol. The molecule has 0 spiro atoms. The Morgan fingerprint density at radius 1 is 1.33 bits per heavy atom. The van der Waals surface area contributed by atoms with Crippen molar-refractivity contribution in [1.29, 1.82) is 0 Å². The number of hydrogen-bond acceptors (Lipinski definition) is 4. The van der Waals surface area contributed by atoms with Crippen LogP contribution in [0.1, 0.15) is 18.4 Å². The molecule has 1 aromatic rings. The van der Waals surface area contributed by atoms with Gasteiger partial charge < -0.3 is 14.7 Å². The van der Waals surface area contributed by atoms with Crippen LogP contribution in [0.3, 0.4) is 0 Å². The minimum absolute atomic E-state index is 0.206. The van der Waals surface area contributed by atoms with E-state index >= 15 is 0 Å². The van der Waals surface area contributed by atoms with E-state index in [2.05, 4.69) is 23.9 Å². The Balaban J connectivity index is 1.96. The van der Waals surface area contributed by atoms with Gasteiger partial charge in [-0.05, 0) is 52.0 Å². The lowest BCUT2D eigenvalue weighted by Gasteiger charge is -2.33. The molecule has 1 fully saturated rings. The molecule has 0 atom stereocenters. The molecule has 21 heavy (non-hydrogen) atoms. The minimum Gasteiger partial charge on any atom is -0.504 e. The first-order chi connectivity index (χ1) is 9.99. The molecule has 1 heterocycles. The van der Waals surface area contributed by atoms with Gasteiger partial charge in [0.2, 0.25) is 0 Å². The SMILES string of the molecule is COc1cc(Cl)cc(CN2CCC(CN(C)C)CC2)c1O. The van der Waals surface area contributed by atoms with E-state index in [9.17, 15) is 5.11 Å². The van der Waals surface area contributed by atoms with Crippen LogP contribution in [0, 0.1) is 5.92 Å². The molecular formula is C16H25ClN2O2. The lowest BCUT2D eigenvalue weighted by molar-refractivity contribution is 0.155. The van der Waals surface area contributed by atoms with Crippen molar-refractivity contribution < 1.29 is 9.84 Å². The fraction of sp³-hybridized carbons (Fsp3) is 0.625. The highest BCUT2D eigenvalue weighted by atomic mass is 35.5. The van der Waals surface area contributed by atoms with Crippen LogP contribution in [-0.4, -0.2) is 55.7 Å². The van der Waals surface area contributed by atoms with Crippen LogP contribution in [0.25, 0.3) is 0 Å². The Hall–Kier alpha value is -0.970. The number of methoxy groups -OCH3 is 1.